The van der Waals surface area contributed by atoms with Gasteiger partial charge in [-0.15, -0.1) is 11.8 Å². The van der Waals surface area contributed by atoms with Gasteiger partial charge in [0, 0.05) is 35.2 Å². The molecule has 100 valence electrons. The van der Waals surface area contributed by atoms with Crippen LogP contribution >= 0.6 is 23.4 Å². The smallest absolute Gasteiger partial charge is 0.221 e. The molecule has 1 unspecified atom stereocenters. The number of hydrogen-bond acceptors (Lipinski definition) is 3. The van der Waals surface area contributed by atoms with Gasteiger partial charge >= 0.3 is 0 Å². The summed E-state index contributed by atoms with van der Waals surface area (Å²) in [5, 5.41) is 3.61. The number of halogens is 1. The van der Waals surface area contributed by atoms with Crippen molar-refractivity contribution in [3.63, 3.8) is 0 Å². The molecule has 0 saturated heterocycles. The van der Waals surface area contributed by atoms with E-state index in [0.717, 1.165) is 15.7 Å². The predicted octanol–water partition coefficient (Wildman–Crippen LogP) is 2.97. The second kappa shape index (κ2) is 8.40. The van der Waals surface area contributed by atoms with Crippen LogP contribution in [-0.4, -0.2) is 31.4 Å². The highest BCUT2D eigenvalue weighted by atomic mass is 35.5. The molecule has 1 rings (SSSR count). The van der Waals surface area contributed by atoms with Gasteiger partial charge in [0.2, 0.25) is 5.91 Å². The Morgan fingerprint density at radius 3 is 2.72 bits per heavy atom. The molecule has 5 heteroatoms. The van der Waals surface area contributed by atoms with E-state index in [2.05, 4.69) is 5.32 Å². The number of amides is 1. The van der Waals surface area contributed by atoms with Crippen LogP contribution in [0.4, 0.5) is 0 Å². The zero-order chi connectivity index (χ0) is 13.4. The number of nitrogens with one attached hydrogen (secondary N) is 1. The summed E-state index contributed by atoms with van der Waals surface area (Å²) in [5.74, 6) is 0.814. The number of rotatable bonds is 7. The lowest BCUT2D eigenvalue weighted by Gasteiger charge is -2.12. The third-order valence-corrected chi connectivity index (χ3v) is 3.50. The fourth-order valence-corrected chi connectivity index (χ4v) is 2.41. The van der Waals surface area contributed by atoms with Crippen molar-refractivity contribution < 1.29 is 9.53 Å². The summed E-state index contributed by atoms with van der Waals surface area (Å²) in [6.45, 7) is 2.46. The van der Waals surface area contributed by atoms with E-state index in [4.69, 9.17) is 16.3 Å². The first-order valence-corrected chi connectivity index (χ1v) is 7.15. The highest BCUT2D eigenvalue weighted by Gasteiger charge is 2.06. The molecule has 0 saturated carbocycles. The van der Waals surface area contributed by atoms with E-state index in [1.165, 1.54) is 0 Å². The number of benzene rings is 1. The Morgan fingerprint density at radius 1 is 1.44 bits per heavy atom. The van der Waals surface area contributed by atoms with Crippen LogP contribution in [0.3, 0.4) is 0 Å². The van der Waals surface area contributed by atoms with Crippen molar-refractivity contribution in [1.82, 2.24) is 5.32 Å². The molecule has 0 aliphatic heterocycles. The minimum atomic E-state index is 0.0565. The van der Waals surface area contributed by atoms with Gasteiger partial charge in [-0.2, -0.15) is 0 Å². The molecule has 0 aliphatic carbocycles. The average molecular weight is 288 g/mol. The van der Waals surface area contributed by atoms with Gasteiger partial charge < -0.3 is 10.1 Å². The summed E-state index contributed by atoms with van der Waals surface area (Å²) >= 11 is 7.45. The van der Waals surface area contributed by atoms with Crippen molar-refractivity contribution >= 4 is 29.3 Å². The maximum atomic E-state index is 11.6. The largest absolute Gasteiger partial charge is 0.383 e. The summed E-state index contributed by atoms with van der Waals surface area (Å²) in [6, 6.07) is 7.68. The molecule has 0 radical (unpaired) electrons. The number of ether oxygens (including phenoxy) is 1. The summed E-state index contributed by atoms with van der Waals surface area (Å²) < 4.78 is 4.96. The van der Waals surface area contributed by atoms with Crippen molar-refractivity contribution in [1.29, 1.82) is 0 Å². The first-order valence-electron chi connectivity index (χ1n) is 5.78. The predicted molar refractivity (Wildman–Crippen MR) is 76.3 cm³/mol. The van der Waals surface area contributed by atoms with Gasteiger partial charge in [-0.1, -0.05) is 11.6 Å². The molecular formula is C13H18ClNO2S. The average Bonchev–Trinajstić information content (AvgIpc) is 2.32. The molecule has 1 aromatic rings. The van der Waals surface area contributed by atoms with Crippen molar-refractivity contribution in [2.75, 3.05) is 19.5 Å². The SMILES string of the molecule is COCC(C)NC(=O)CCSc1ccc(Cl)cc1. The van der Waals surface area contributed by atoms with E-state index in [9.17, 15) is 4.79 Å². The molecule has 0 spiro atoms. The van der Waals surface area contributed by atoms with Crippen LogP contribution in [0, 0.1) is 0 Å². The number of carbonyl (C=O) groups is 1. The highest BCUT2D eigenvalue weighted by molar-refractivity contribution is 7.99. The monoisotopic (exact) mass is 287 g/mol. The van der Waals surface area contributed by atoms with Crippen molar-refractivity contribution in [3.05, 3.63) is 29.3 Å². The molecule has 3 nitrogen and oxygen atoms in total. The fourth-order valence-electron chi connectivity index (χ4n) is 1.43. The molecule has 0 aromatic heterocycles. The molecule has 1 atom stereocenters. The Balaban J connectivity index is 2.21. The fraction of sp³-hybridized carbons (Fsp3) is 0.462. The summed E-state index contributed by atoms with van der Waals surface area (Å²) in [4.78, 5) is 12.7. The Labute approximate surface area is 117 Å². The van der Waals surface area contributed by atoms with Crippen LogP contribution in [0.5, 0.6) is 0 Å². The van der Waals surface area contributed by atoms with Gasteiger partial charge in [0.1, 0.15) is 0 Å². The Morgan fingerprint density at radius 2 is 2.11 bits per heavy atom. The minimum absolute atomic E-state index is 0.0565. The Hall–Kier alpha value is -0.710. The van der Waals surface area contributed by atoms with Gasteiger partial charge in [0.15, 0.2) is 0 Å². The van der Waals surface area contributed by atoms with Crippen molar-refractivity contribution in [2.45, 2.75) is 24.3 Å². The van der Waals surface area contributed by atoms with Crippen LogP contribution in [0.1, 0.15) is 13.3 Å². The molecule has 1 N–H and O–H groups in total. The number of carbonyl (C=O) groups excluding carboxylic acids is 1. The van der Waals surface area contributed by atoms with Gasteiger partial charge in [0.25, 0.3) is 0 Å². The molecule has 1 aromatic carbocycles. The highest BCUT2D eigenvalue weighted by Crippen LogP contribution is 2.20. The molecule has 1 amide bonds. The molecule has 0 bridgehead atoms. The Kier molecular flexibility index (Phi) is 7.16. The quantitative estimate of drug-likeness (QED) is 0.784. The minimum Gasteiger partial charge on any atom is -0.383 e. The van der Waals surface area contributed by atoms with Crippen LogP contribution in [0.15, 0.2) is 29.2 Å². The first kappa shape index (κ1) is 15.3. The van der Waals surface area contributed by atoms with E-state index in [0.29, 0.717) is 13.0 Å². The van der Waals surface area contributed by atoms with E-state index < -0.39 is 0 Å². The number of thioether (sulfide) groups is 1. The van der Waals surface area contributed by atoms with Crippen LogP contribution in [0.2, 0.25) is 5.02 Å². The summed E-state index contributed by atoms with van der Waals surface area (Å²) in [6.07, 6.45) is 0.501. The van der Waals surface area contributed by atoms with E-state index >= 15 is 0 Å². The van der Waals surface area contributed by atoms with Gasteiger partial charge in [0.05, 0.1) is 6.61 Å². The number of hydrogen-bond donors (Lipinski definition) is 1. The van der Waals surface area contributed by atoms with Gasteiger partial charge in [-0.05, 0) is 31.2 Å². The maximum absolute atomic E-state index is 11.6. The summed E-state index contributed by atoms with van der Waals surface area (Å²) in [5.41, 5.74) is 0. The Bertz CT molecular complexity index is 370. The molecule has 18 heavy (non-hydrogen) atoms. The van der Waals surface area contributed by atoms with E-state index in [1.54, 1.807) is 18.9 Å². The topological polar surface area (TPSA) is 38.3 Å². The molecule has 0 heterocycles. The summed E-state index contributed by atoms with van der Waals surface area (Å²) in [7, 11) is 1.62. The zero-order valence-electron chi connectivity index (χ0n) is 10.6. The van der Waals surface area contributed by atoms with Gasteiger partial charge in [-0.3, -0.25) is 4.79 Å². The number of methoxy groups -OCH3 is 1. The molecule has 0 fully saturated rings. The lowest BCUT2D eigenvalue weighted by Crippen LogP contribution is -2.35. The first-order chi connectivity index (χ1) is 8.61. The second-order valence-electron chi connectivity index (χ2n) is 3.98. The van der Waals surface area contributed by atoms with Crippen molar-refractivity contribution in [3.8, 4) is 0 Å². The van der Waals surface area contributed by atoms with Gasteiger partial charge in [-0.25, -0.2) is 0 Å². The third kappa shape index (κ3) is 6.28. The standard InChI is InChI=1S/C13H18ClNO2S/c1-10(9-17-2)15-13(16)7-8-18-12-5-3-11(14)4-6-12/h3-6,10H,7-9H2,1-2H3,(H,15,16). The van der Waals surface area contributed by atoms with Crippen LogP contribution in [-0.2, 0) is 9.53 Å². The lowest BCUT2D eigenvalue weighted by molar-refractivity contribution is -0.121. The maximum Gasteiger partial charge on any atom is 0.221 e. The second-order valence-corrected chi connectivity index (χ2v) is 5.58. The van der Waals surface area contributed by atoms with Crippen LogP contribution < -0.4 is 5.32 Å². The van der Waals surface area contributed by atoms with Crippen LogP contribution in [0.25, 0.3) is 0 Å². The molecular weight excluding hydrogens is 270 g/mol. The molecule has 0 aliphatic rings. The zero-order valence-corrected chi connectivity index (χ0v) is 12.2. The van der Waals surface area contributed by atoms with Crippen molar-refractivity contribution in [2.24, 2.45) is 0 Å². The van der Waals surface area contributed by atoms with E-state index in [1.807, 2.05) is 31.2 Å². The van der Waals surface area contributed by atoms with E-state index in [-0.39, 0.29) is 11.9 Å². The lowest BCUT2D eigenvalue weighted by atomic mass is 10.3. The normalized spacial score (nSPS) is 12.2. The third-order valence-electron chi connectivity index (χ3n) is 2.24.